The van der Waals surface area contributed by atoms with Crippen molar-refractivity contribution in [3.8, 4) is 11.5 Å². The van der Waals surface area contributed by atoms with Crippen LogP contribution in [-0.4, -0.2) is 29.3 Å². The molecule has 1 saturated heterocycles. The number of hydrogen-bond acceptors (Lipinski definition) is 5. The number of benzene rings is 2. The van der Waals surface area contributed by atoms with Crippen molar-refractivity contribution in [2.75, 3.05) is 14.2 Å². The minimum absolute atomic E-state index is 0.0697. The second-order valence-electron chi connectivity index (χ2n) is 6.32. The molecule has 0 aliphatic carbocycles. The molecule has 0 atom stereocenters. The third-order valence-corrected chi connectivity index (χ3v) is 5.77. The number of carbonyl (C=O) groups is 1. The molecule has 0 bridgehead atoms. The molecule has 0 spiro atoms. The van der Waals surface area contributed by atoms with Crippen LogP contribution in [-0.2, 0) is 11.3 Å². The van der Waals surface area contributed by atoms with E-state index in [1.165, 1.54) is 17.3 Å². The van der Waals surface area contributed by atoms with Gasteiger partial charge in [0.15, 0.2) is 11.5 Å². The Bertz CT molecular complexity index is 920. The average molecular weight is 400 g/mol. The Kier molecular flexibility index (Phi) is 5.87. The Hall–Kier alpha value is -2.31. The zero-order valence-corrected chi connectivity index (χ0v) is 17.4. The van der Waals surface area contributed by atoms with E-state index in [0.29, 0.717) is 27.3 Å². The van der Waals surface area contributed by atoms with E-state index in [1.807, 2.05) is 56.3 Å². The summed E-state index contributed by atoms with van der Waals surface area (Å²) in [5.74, 6) is 1.23. The first-order chi connectivity index (χ1) is 12.9. The largest absolute Gasteiger partial charge is 0.493 e. The van der Waals surface area contributed by atoms with E-state index < -0.39 is 0 Å². The van der Waals surface area contributed by atoms with Gasteiger partial charge in [0, 0.05) is 0 Å². The number of nitrogens with zero attached hydrogens (tertiary/aromatic N) is 1. The van der Waals surface area contributed by atoms with Crippen molar-refractivity contribution < 1.29 is 14.3 Å². The number of thiocarbonyl (C=S) groups is 1. The van der Waals surface area contributed by atoms with Crippen LogP contribution >= 0.6 is 24.0 Å². The zero-order valence-electron chi connectivity index (χ0n) is 15.7. The van der Waals surface area contributed by atoms with Gasteiger partial charge in [0.2, 0.25) is 0 Å². The van der Waals surface area contributed by atoms with E-state index in [4.69, 9.17) is 21.7 Å². The molecule has 0 N–H and O–H groups in total. The van der Waals surface area contributed by atoms with Gasteiger partial charge in [0.05, 0.1) is 25.7 Å². The number of aryl methyl sites for hydroxylation is 2. The van der Waals surface area contributed by atoms with Gasteiger partial charge in [-0.05, 0) is 48.7 Å². The summed E-state index contributed by atoms with van der Waals surface area (Å²) in [5.41, 5.74) is 4.15. The predicted molar refractivity (Wildman–Crippen MR) is 114 cm³/mol. The number of thioether (sulfide) groups is 1. The minimum Gasteiger partial charge on any atom is -0.493 e. The summed E-state index contributed by atoms with van der Waals surface area (Å²) in [6, 6.07) is 11.9. The molecule has 0 aromatic heterocycles. The fourth-order valence-electron chi connectivity index (χ4n) is 2.81. The quantitative estimate of drug-likeness (QED) is 0.537. The zero-order chi connectivity index (χ0) is 19.6. The predicted octanol–water partition coefficient (Wildman–Crippen LogP) is 4.72. The first kappa shape index (κ1) is 19.5. The number of hydrogen-bond donors (Lipinski definition) is 0. The number of amides is 1. The van der Waals surface area contributed by atoms with Crippen LogP contribution in [0.2, 0.25) is 0 Å². The van der Waals surface area contributed by atoms with E-state index in [-0.39, 0.29) is 5.91 Å². The fraction of sp³-hybridized carbons (Fsp3) is 0.238. The van der Waals surface area contributed by atoms with Crippen molar-refractivity contribution in [2.45, 2.75) is 20.4 Å². The Morgan fingerprint density at radius 2 is 1.70 bits per heavy atom. The summed E-state index contributed by atoms with van der Waals surface area (Å²) in [7, 11) is 3.20. The van der Waals surface area contributed by atoms with Crippen LogP contribution in [0.4, 0.5) is 0 Å². The molecule has 1 heterocycles. The van der Waals surface area contributed by atoms with Crippen LogP contribution in [0.3, 0.4) is 0 Å². The van der Waals surface area contributed by atoms with Gasteiger partial charge < -0.3 is 9.47 Å². The van der Waals surface area contributed by atoms with Crippen LogP contribution in [0.5, 0.6) is 11.5 Å². The van der Waals surface area contributed by atoms with Gasteiger partial charge in [-0.25, -0.2) is 0 Å². The molecule has 2 aromatic carbocycles. The summed E-state index contributed by atoms with van der Waals surface area (Å²) < 4.78 is 11.3. The highest BCUT2D eigenvalue weighted by molar-refractivity contribution is 8.26. The van der Waals surface area contributed by atoms with E-state index in [2.05, 4.69) is 0 Å². The topological polar surface area (TPSA) is 38.8 Å². The molecule has 1 aliphatic heterocycles. The molecule has 0 radical (unpaired) electrons. The van der Waals surface area contributed by atoms with Gasteiger partial charge in [-0.2, -0.15) is 0 Å². The highest BCUT2D eigenvalue weighted by Crippen LogP contribution is 2.36. The van der Waals surface area contributed by atoms with Gasteiger partial charge >= 0.3 is 0 Å². The van der Waals surface area contributed by atoms with E-state index >= 15 is 0 Å². The van der Waals surface area contributed by atoms with E-state index in [0.717, 1.165) is 16.7 Å². The Morgan fingerprint density at radius 3 is 2.33 bits per heavy atom. The second-order valence-corrected chi connectivity index (χ2v) is 7.99. The normalized spacial score (nSPS) is 15.6. The molecule has 1 aliphatic rings. The molecule has 1 fully saturated rings. The minimum atomic E-state index is -0.0697. The molecule has 6 heteroatoms. The highest BCUT2D eigenvalue weighted by atomic mass is 32.2. The van der Waals surface area contributed by atoms with Crippen LogP contribution in [0.15, 0.2) is 41.3 Å². The lowest BCUT2D eigenvalue weighted by molar-refractivity contribution is -0.122. The van der Waals surface area contributed by atoms with Crippen LogP contribution in [0.1, 0.15) is 22.3 Å². The maximum absolute atomic E-state index is 12.9. The Morgan fingerprint density at radius 1 is 1.07 bits per heavy atom. The monoisotopic (exact) mass is 399 g/mol. The van der Waals surface area contributed by atoms with E-state index in [9.17, 15) is 4.79 Å². The van der Waals surface area contributed by atoms with Crippen molar-refractivity contribution >= 4 is 40.3 Å². The Balaban J connectivity index is 1.87. The van der Waals surface area contributed by atoms with E-state index in [1.54, 1.807) is 19.1 Å². The first-order valence-electron chi connectivity index (χ1n) is 8.46. The molecule has 140 valence electrons. The summed E-state index contributed by atoms with van der Waals surface area (Å²) in [5, 5.41) is 0. The molecule has 27 heavy (non-hydrogen) atoms. The standard InChI is InChI=1S/C21H21NO3S2/c1-13-5-7-15(8-6-13)12-22-20(23)19(27-21(22)26)11-16-10-18(25-4)17(24-3)9-14(16)2/h5-11H,12H2,1-4H3/b19-11-. The second kappa shape index (κ2) is 8.15. The van der Waals surface area contributed by atoms with Crippen molar-refractivity contribution in [1.82, 2.24) is 4.90 Å². The van der Waals surface area contributed by atoms with Gasteiger partial charge in [-0.3, -0.25) is 9.69 Å². The van der Waals surface area contributed by atoms with Crippen molar-refractivity contribution in [3.05, 3.63) is 63.6 Å². The summed E-state index contributed by atoms with van der Waals surface area (Å²) in [4.78, 5) is 15.1. The maximum atomic E-state index is 12.9. The number of carbonyl (C=O) groups excluding carboxylic acids is 1. The van der Waals surface area contributed by atoms with Crippen LogP contribution < -0.4 is 9.47 Å². The number of methoxy groups -OCH3 is 2. The van der Waals surface area contributed by atoms with Crippen LogP contribution in [0.25, 0.3) is 6.08 Å². The lowest BCUT2D eigenvalue weighted by Crippen LogP contribution is -2.27. The third kappa shape index (κ3) is 4.17. The smallest absolute Gasteiger partial charge is 0.266 e. The summed E-state index contributed by atoms with van der Waals surface area (Å²) in [6.45, 7) is 4.49. The molecule has 3 rings (SSSR count). The van der Waals surface area contributed by atoms with Gasteiger partial charge in [-0.1, -0.05) is 53.8 Å². The lowest BCUT2D eigenvalue weighted by Gasteiger charge is -2.14. The molecule has 0 saturated carbocycles. The third-order valence-electron chi connectivity index (χ3n) is 4.39. The summed E-state index contributed by atoms with van der Waals surface area (Å²) in [6.07, 6.45) is 1.87. The van der Waals surface area contributed by atoms with Crippen molar-refractivity contribution in [1.29, 1.82) is 0 Å². The SMILES string of the molecule is COc1cc(C)c(/C=C2\SC(=S)N(Cc3ccc(C)cc3)C2=O)cc1OC. The molecule has 4 nitrogen and oxygen atoms in total. The number of ether oxygens (including phenoxy) is 2. The number of rotatable bonds is 5. The average Bonchev–Trinajstić information content (AvgIpc) is 2.92. The van der Waals surface area contributed by atoms with Crippen LogP contribution in [0, 0.1) is 13.8 Å². The fourth-order valence-corrected chi connectivity index (χ4v) is 4.05. The summed E-state index contributed by atoms with van der Waals surface area (Å²) >= 11 is 6.77. The highest BCUT2D eigenvalue weighted by Gasteiger charge is 2.32. The first-order valence-corrected chi connectivity index (χ1v) is 9.69. The lowest BCUT2D eigenvalue weighted by atomic mass is 10.1. The molecule has 0 unspecified atom stereocenters. The van der Waals surface area contributed by atoms with Gasteiger partial charge in [-0.15, -0.1) is 0 Å². The van der Waals surface area contributed by atoms with Gasteiger partial charge in [0.25, 0.3) is 5.91 Å². The van der Waals surface area contributed by atoms with Crippen molar-refractivity contribution in [2.24, 2.45) is 0 Å². The Labute approximate surface area is 169 Å². The molecular formula is C21H21NO3S2. The maximum Gasteiger partial charge on any atom is 0.266 e. The molecular weight excluding hydrogens is 378 g/mol. The molecule has 2 aromatic rings. The van der Waals surface area contributed by atoms with Gasteiger partial charge in [0.1, 0.15) is 4.32 Å². The molecule has 1 amide bonds. The van der Waals surface area contributed by atoms with Crippen molar-refractivity contribution in [3.63, 3.8) is 0 Å².